The Hall–Kier alpha value is -5.32. The van der Waals surface area contributed by atoms with Crippen LogP contribution in [-0.2, 0) is 13.1 Å². The molecule has 2 saturated carbocycles. The summed E-state index contributed by atoms with van der Waals surface area (Å²) >= 11 is 0. The van der Waals surface area contributed by atoms with Gasteiger partial charge in [-0.05, 0) is 124 Å². The largest absolute Gasteiger partial charge is 0.337 e. The molecule has 4 heterocycles. The highest BCUT2D eigenvalue weighted by Crippen LogP contribution is 2.30. The number of amides is 2. The Labute approximate surface area is 361 Å². The molecule has 4 fully saturated rings. The number of imidazole rings is 2. The molecule has 2 aliphatic heterocycles. The first-order valence-electron chi connectivity index (χ1n) is 22.9. The lowest BCUT2D eigenvalue weighted by Crippen LogP contribution is -2.53. The van der Waals surface area contributed by atoms with Gasteiger partial charge in [-0.15, -0.1) is 0 Å². The van der Waals surface area contributed by atoms with Gasteiger partial charge in [-0.3, -0.25) is 19.4 Å². The van der Waals surface area contributed by atoms with Gasteiger partial charge >= 0.3 is 0 Å². The van der Waals surface area contributed by atoms with Gasteiger partial charge in [0.05, 0.1) is 34.7 Å². The number of rotatable bonds is 10. The number of hydrogen-bond donors (Lipinski definition) is 0. The lowest BCUT2D eigenvalue weighted by Gasteiger charge is -2.44. The van der Waals surface area contributed by atoms with E-state index in [2.05, 4.69) is 65.3 Å². The van der Waals surface area contributed by atoms with Gasteiger partial charge in [0.15, 0.2) is 0 Å². The van der Waals surface area contributed by atoms with Gasteiger partial charge in [-0.25, -0.2) is 9.97 Å². The van der Waals surface area contributed by atoms with Crippen LogP contribution in [0.4, 0.5) is 0 Å². The van der Waals surface area contributed by atoms with E-state index >= 15 is 0 Å². The fraction of sp³-hybridized carbons (Fsp3) is 0.451. The van der Waals surface area contributed by atoms with Crippen LogP contribution in [0.3, 0.4) is 0 Å². The summed E-state index contributed by atoms with van der Waals surface area (Å²) in [6, 6.07) is 34.6. The molecule has 0 N–H and O–H groups in total. The van der Waals surface area contributed by atoms with Crippen molar-refractivity contribution in [2.24, 2.45) is 0 Å². The molecule has 4 aliphatic rings. The standard InChI is InChI=1S/C26H32N4O.C25H30N4O/c1-28(23-9-6-16-29(18-23)22-7-2-3-8-22)26(31)21-14-12-20(13-15-21)17-30-19-27-24-10-4-5-11-25(24)30;1-27(22-8-5-15-28(17-22)21-6-4-7-21)25(30)20-13-11-19(12-14-20)16-29-18-26-23-9-2-3-10-24(23)29/h4-5,10-15,19,22-23H,2-3,6-9,16-18H2,1H3;2-3,9-14,18,21-22H,4-8,15-17H2,1H3. The molecule has 4 aromatic carbocycles. The Balaban J connectivity index is 0.000000156. The van der Waals surface area contributed by atoms with Crippen molar-refractivity contribution in [2.45, 2.75) is 108 Å². The van der Waals surface area contributed by atoms with E-state index in [-0.39, 0.29) is 11.8 Å². The summed E-state index contributed by atoms with van der Waals surface area (Å²) in [5, 5.41) is 0. The molecule has 61 heavy (non-hydrogen) atoms. The summed E-state index contributed by atoms with van der Waals surface area (Å²) in [5.74, 6) is 0.271. The maximum atomic E-state index is 13.2. The smallest absolute Gasteiger partial charge is 0.253 e. The zero-order valence-corrected chi connectivity index (χ0v) is 36.1. The summed E-state index contributed by atoms with van der Waals surface area (Å²) in [4.78, 5) is 44.4. The van der Waals surface area contributed by atoms with Crippen LogP contribution in [0.1, 0.15) is 102 Å². The van der Waals surface area contributed by atoms with E-state index in [1.807, 2.05) is 97.2 Å². The van der Waals surface area contributed by atoms with Crippen LogP contribution in [-0.4, -0.2) is 115 Å². The van der Waals surface area contributed by atoms with E-state index in [1.54, 1.807) is 0 Å². The van der Waals surface area contributed by atoms with Crippen LogP contribution >= 0.6 is 0 Å². The average Bonchev–Trinajstić information content (AvgIpc) is 4.08. The van der Waals surface area contributed by atoms with E-state index in [0.29, 0.717) is 12.1 Å². The highest BCUT2D eigenvalue weighted by Gasteiger charge is 2.33. The molecule has 6 aromatic rings. The summed E-state index contributed by atoms with van der Waals surface area (Å²) < 4.78 is 4.30. The first-order valence-corrected chi connectivity index (χ1v) is 22.9. The molecule has 10 nitrogen and oxygen atoms in total. The highest BCUT2D eigenvalue weighted by atomic mass is 16.2. The summed E-state index contributed by atoms with van der Waals surface area (Å²) in [6.07, 6.45) is 17.8. The molecule has 0 bridgehead atoms. The van der Waals surface area contributed by atoms with Crippen LogP contribution < -0.4 is 0 Å². The van der Waals surface area contributed by atoms with Crippen molar-refractivity contribution in [1.29, 1.82) is 0 Å². The highest BCUT2D eigenvalue weighted by molar-refractivity contribution is 5.95. The molecule has 0 radical (unpaired) electrons. The molecule has 0 spiro atoms. The van der Waals surface area contributed by atoms with E-state index in [0.717, 1.165) is 84.3 Å². The molecule has 318 valence electrons. The van der Waals surface area contributed by atoms with E-state index in [9.17, 15) is 9.59 Å². The second-order valence-electron chi connectivity index (χ2n) is 18.1. The minimum Gasteiger partial charge on any atom is -0.337 e. The number of aromatic nitrogens is 4. The lowest BCUT2D eigenvalue weighted by atomic mass is 9.89. The molecular weight excluding hydrogens is 757 g/mol. The minimum absolute atomic E-state index is 0.134. The van der Waals surface area contributed by atoms with E-state index in [1.165, 1.54) is 82.0 Å². The number of nitrogens with zero attached hydrogens (tertiary/aromatic N) is 8. The van der Waals surface area contributed by atoms with Crippen molar-refractivity contribution >= 4 is 33.9 Å². The number of carbonyl (C=O) groups excluding carboxylic acids is 2. The zero-order valence-electron chi connectivity index (χ0n) is 36.1. The van der Waals surface area contributed by atoms with Crippen molar-refractivity contribution in [2.75, 3.05) is 40.3 Å². The fourth-order valence-electron chi connectivity index (χ4n) is 10.2. The van der Waals surface area contributed by atoms with E-state index in [4.69, 9.17) is 0 Å². The molecule has 2 amide bonds. The molecule has 2 unspecified atom stereocenters. The zero-order chi connectivity index (χ0) is 41.7. The predicted octanol–water partition coefficient (Wildman–Crippen LogP) is 8.74. The predicted molar refractivity (Wildman–Crippen MR) is 244 cm³/mol. The van der Waals surface area contributed by atoms with Crippen molar-refractivity contribution in [1.82, 2.24) is 38.7 Å². The number of piperidine rings is 2. The van der Waals surface area contributed by atoms with E-state index < -0.39 is 0 Å². The van der Waals surface area contributed by atoms with Crippen LogP contribution in [0.15, 0.2) is 110 Å². The first-order chi connectivity index (χ1) is 29.9. The molecule has 2 aliphatic carbocycles. The van der Waals surface area contributed by atoms with Crippen LogP contribution in [0.25, 0.3) is 22.1 Å². The van der Waals surface area contributed by atoms with Crippen LogP contribution in [0.5, 0.6) is 0 Å². The van der Waals surface area contributed by atoms with Crippen molar-refractivity contribution in [3.8, 4) is 0 Å². The van der Waals surface area contributed by atoms with Gasteiger partial charge in [0.1, 0.15) is 0 Å². The number of benzene rings is 4. The quantitative estimate of drug-likeness (QED) is 0.138. The Morgan fingerprint density at radius 3 is 1.34 bits per heavy atom. The van der Waals surface area contributed by atoms with Gasteiger partial charge in [0.2, 0.25) is 0 Å². The SMILES string of the molecule is CN(C(=O)c1ccc(Cn2cnc3ccccc32)cc1)C1CCCN(C2CCC2)C1.CN(C(=O)c1ccc(Cn2cnc3ccccc32)cc1)C1CCCN(C2CCCC2)C1. The van der Waals surface area contributed by atoms with Gasteiger partial charge in [-0.2, -0.15) is 0 Å². The number of likely N-dealkylation sites (tertiary alicyclic amines) is 2. The minimum atomic E-state index is 0.134. The van der Waals surface area contributed by atoms with Crippen molar-refractivity contribution in [3.05, 3.63) is 132 Å². The summed E-state index contributed by atoms with van der Waals surface area (Å²) in [6.45, 7) is 5.95. The lowest BCUT2D eigenvalue weighted by molar-refractivity contribution is 0.0424. The van der Waals surface area contributed by atoms with Gasteiger partial charge in [-0.1, -0.05) is 67.8 Å². The topological polar surface area (TPSA) is 82.7 Å². The monoisotopic (exact) mass is 818 g/mol. The first kappa shape index (κ1) is 41.1. The van der Waals surface area contributed by atoms with Crippen molar-refractivity contribution < 1.29 is 9.59 Å². The van der Waals surface area contributed by atoms with Crippen molar-refractivity contribution in [3.63, 3.8) is 0 Å². The second-order valence-corrected chi connectivity index (χ2v) is 18.1. The van der Waals surface area contributed by atoms with Gasteiger partial charge in [0, 0.05) is 75.6 Å². The number of likely N-dealkylation sites (N-methyl/N-ethyl adjacent to an activating group) is 2. The fourth-order valence-corrected chi connectivity index (χ4v) is 10.2. The molecule has 10 heteroatoms. The molecule has 2 atom stereocenters. The third-order valence-electron chi connectivity index (χ3n) is 14.2. The number of carbonyl (C=O) groups is 2. The number of hydrogen-bond acceptors (Lipinski definition) is 6. The Kier molecular flexibility index (Phi) is 12.6. The summed E-state index contributed by atoms with van der Waals surface area (Å²) in [7, 11) is 3.96. The van der Waals surface area contributed by atoms with Gasteiger partial charge in [0.25, 0.3) is 11.8 Å². The normalized spacial score (nSPS) is 20.3. The molecule has 2 aromatic heterocycles. The Morgan fingerprint density at radius 2 is 0.934 bits per heavy atom. The van der Waals surface area contributed by atoms with Crippen LogP contribution in [0.2, 0.25) is 0 Å². The third-order valence-corrected chi connectivity index (χ3v) is 14.2. The number of fused-ring (bicyclic) bond motifs is 2. The molecule has 2 saturated heterocycles. The van der Waals surface area contributed by atoms with Crippen LogP contribution in [0, 0.1) is 0 Å². The second kappa shape index (κ2) is 18.7. The summed E-state index contributed by atoms with van der Waals surface area (Å²) in [5.41, 5.74) is 8.18. The molecule has 10 rings (SSSR count). The molecular formula is C51H62N8O2. The average molecular weight is 819 g/mol. The third kappa shape index (κ3) is 9.31. The number of para-hydroxylation sites is 4. The van der Waals surface area contributed by atoms with Gasteiger partial charge < -0.3 is 18.9 Å². The Morgan fingerprint density at radius 1 is 0.525 bits per heavy atom. The maximum absolute atomic E-state index is 13.2. The maximum Gasteiger partial charge on any atom is 0.253 e. The Bertz CT molecular complexity index is 2390.